The fourth-order valence-corrected chi connectivity index (χ4v) is 10.9. The highest BCUT2D eigenvalue weighted by atomic mass is 16.2. The van der Waals surface area contributed by atoms with Gasteiger partial charge in [-0.3, -0.25) is 29.4 Å². The third-order valence-corrected chi connectivity index (χ3v) is 14.2. The van der Waals surface area contributed by atoms with Crippen LogP contribution in [0.3, 0.4) is 0 Å². The summed E-state index contributed by atoms with van der Waals surface area (Å²) in [5.74, 6) is 0.621. The number of allylic oxidation sites excluding steroid dienone is 2. The van der Waals surface area contributed by atoms with Gasteiger partial charge in [-0.05, 0) is 109 Å². The maximum absolute atomic E-state index is 14.4. The van der Waals surface area contributed by atoms with Crippen molar-refractivity contribution < 1.29 is 9.59 Å². The zero-order chi connectivity index (χ0) is 41.1. The number of rotatable bonds is 11. The Hall–Kier alpha value is -5.44. The second-order valence-electron chi connectivity index (χ2n) is 18.1. The molecule has 8 heteroatoms. The normalized spacial score (nSPS) is 23.8. The van der Waals surface area contributed by atoms with Gasteiger partial charge >= 0.3 is 0 Å². The van der Waals surface area contributed by atoms with Crippen LogP contribution in [0.5, 0.6) is 0 Å². The highest BCUT2D eigenvalue weighted by molar-refractivity contribution is 6.04. The van der Waals surface area contributed by atoms with Crippen molar-refractivity contribution in [3.63, 3.8) is 0 Å². The zero-order valence-electron chi connectivity index (χ0n) is 35.4. The summed E-state index contributed by atoms with van der Waals surface area (Å²) < 4.78 is 0. The van der Waals surface area contributed by atoms with Gasteiger partial charge in [-0.1, -0.05) is 116 Å². The Labute approximate surface area is 361 Å². The predicted molar refractivity (Wildman–Crippen MR) is 246 cm³/mol. The van der Waals surface area contributed by atoms with Crippen LogP contribution in [0.1, 0.15) is 92.5 Å². The molecule has 0 N–H and O–H groups in total. The van der Waals surface area contributed by atoms with Gasteiger partial charge in [-0.2, -0.15) is 0 Å². The first-order valence-corrected chi connectivity index (χ1v) is 22.9. The Morgan fingerprint density at radius 3 is 1.70 bits per heavy atom. The molecule has 0 radical (unpaired) electrons. The van der Waals surface area contributed by atoms with Crippen LogP contribution in [0.4, 0.5) is 0 Å². The van der Waals surface area contributed by atoms with E-state index in [-0.39, 0.29) is 30.0 Å². The van der Waals surface area contributed by atoms with E-state index >= 15 is 0 Å². The quantitative estimate of drug-likeness (QED) is 0.151. The first kappa shape index (κ1) is 39.7. The summed E-state index contributed by atoms with van der Waals surface area (Å²) in [7, 11) is 0. The van der Waals surface area contributed by atoms with Crippen LogP contribution in [0.2, 0.25) is 0 Å². The van der Waals surface area contributed by atoms with E-state index in [9.17, 15) is 9.59 Å². The minimum atomic E-state index is -0.224. The molecule has 4 aromatic rings. The number of hydrogen-bond donors (Lipinski definition) is 0. The molecule has 0 unspecified atom stereocenters. The van der Waals surface area contributed by atoms with Crippen molar-refractivity contribution in [2.75, 3.05) is 39.3 Å². The Balaban J connectivity index is 0.731. The summed E-state index contributed by atoms with van der Waals surface area (Å²) in [6, 6.07) is 38.6. The van der Waals surface area contributed by atoms with Gasteiger partial charge in [0.05, 0.1) is 18.0 Å². The van der Waals surface area contributed by atoms with Crippen molar-refractivity contribution >= 4 is 34.4 Å². The molecule has 0 saturated carbocycles. The average Bonchev–Trinajstić information content (AvgIpc) is 4.18. The van der Waals surface area contributed by atoms with Crippen LogP contribution in [0, 0.1) is 5.92 Å². The minimum Gasteiger partial charge on any atom is -0.334 e. The summed E-state index contributed by atoms with van der Waals surface area (Å²) in [6.45, 7) is 6.31. The van der Waals surface area contributed by atoms with E-state index in [1.54, 1.807) is 0 Å². The third kappa shape index (κ3) is 8.45. The monoisotopic (exact) mass is 810 g/mol. The van der Waals surface area contributed by atoms with Crippen molar-refractivity contribution in [2.45, 2.75) is 88.9 Å². The first-order valence-electron chi connectivity index (χ1n) is 22.9. The Morgan fingerprint density at radius 1 is 0.557 bits per heavy atom. The molecule has 0 spiro atoms. The number of carbonyl (C=O) groups excluding carboxylic acids is 2. The molecular formula is C53H58N6O2. The summed E-state index contributed by atoms with van der Waals surface area (Å²) in [4.78, 5) is 47.3. The second-order valence-corrected chi connectivity index (χ2v) is 18.1. The summed E-state index contributed by atoms with van der Waals surface area (Å²) >= 11 is 0. The first-order chi connectivity index (χ1) is 30.1. The van der Waals surface area contributed by atoms with E-state index in [1.807, 2.05) is 18.5 Å². The van der Waals surface area contributed by atoms with Crippen LogP contribution < -0.4 is 0 Å². The van der Waals surface area contributed by atoms with Gasteiger partial charge in [0.15, 0.2) is 0 Å². The summed E-state index contributed by atoms with van der Waals surface area (Å²) in [6.07, 6.45) is 14.1. The number of hydrogen-bond acceptors (Lipinski definition) is 6. The SMILES string of the molecule is O=C([C@@H]1CCN(Cc2ccccc2)C1)N1CCC[C@H]1C1=NC=C(c2ccc(-c3ccc(C4=CN=C([C@@H]5CCCN5C(=O)[C@@H](c5ccccc5)N5CCCCC5)C4)cc3)cc2)C1. The van der Waals surface area contributed by atoms with Crippen molar-refractivity contribution in [1.29, 1.82) is 0 Å². The maximum atomic E-state index is 14.4. The van der Waals surface area contributed by atoms with Gasteiger partial charge in [0.1, 0.15) is 6.04 Å². The fraction of sp³-hybridized carbons (Fsp3) is 0.396. The number of nitrogens with zero attached hydrogens (tertiary/aromatic N) is 6. The molecule has 10 rings (SSSR count). The van der Waals surface area contributed by atoms with E-state index < -0.39 is 0 Å². The second kappa shape index (κ2) is 17.9. The molecule has 6 aliphatic rings. The molecule has 61 heavy (non-hydrogen) atoms. The Bertz CT molecular complexity index is 2330. The molecule has 0 aromatic heterocycles. The molecule has 4 saturated heterocycles. The molecule has 0 aliphatic carbocycles. The van der Waals surface area contributed by atoms with E-state index in [1.165, 1.54) is 45.4 Å². The van der Waals surface area contributed by atoms with Crippen LogP contribution in [0.25, 0.3) is 22.3 Å². The van der Waals surface area contributed by atoms with Crippen LogP contribution in [0.15, 0.2) is 132 Å². The fourth-order valence-electron chi connectivity index (χ4n) is 10.9. The van der Waals surface area contributed by atoms with Gasteiger partial charge in [-0.25, -0.2) is 0 Å². The van der Waals surface area contributed by atoms with Crippen molar-refractivity contribution in [1.82, 2.24) is 19.6 Å². The van der Waals surface area contributed by atoms with Crippen LogP contribution in [-0.2, 0) is 16.1 Å². The highest BCUT2D eigenvalue weighted by Crippen LogP contribution is 2.36. The molecular weight excluding hydrogens is 753 g/mol. The van der Waals surface area contributed by atoms with E-state index in [2.05, 4.69) is 123 Å². The molecule has 4 fully saturated rings. The lowest BCUT2D eigenvalue weighted by atomic mass is 9.94. The molecule has 8 nitrogen and oxygen atoms in total. The molecule has 4 aromatic carbocycles. The molecule has 0 bridgehead atoms. The molecule has 6 heterocycles. The zero-order valence-corrected chi connectivity index (χ0v) is 35.4. The third-order valence-electron chi connectivity index (χ3n) is 14.2. The molecule has 6 aliphatic heterocycles. The lowest BCUT2D eigenvalue weighted by Crippen LogP contribution is -2.48. The smallest absolute Gasteiger partial charge is 0.245 e. The van der Waals surface area contributed by atoms with Gasteiger partial charge < -0.3 is 9.80 Å². The lowest BCUT2D eigenvalue weighted by Gasteiger charge is -2.37. The standard InChI is InChI=1S/C53H58N6O2/c60-52(44-26-31-56(37-44)36-38-12-4-1-5-13-38)58-29-10-16-49(58)47-32-45(34-54-47)41-22-18-39(19-23-41)40-20-24-42(25-21-40)46-33-48(55-35-46)50-17-11-30-59(50)53(61)51(43-14-6-2-7-15-43)57-27-8-3-9-28-57/h1-2,4-7,12-15,18-25,34-35,44,49-51H,3,8-11,16-17,26-33,36-37H2/t44-,49+,50+,51-/m1/s1. The number of likely N-dealkylation sites (tertiary alicyclic amines) is 4. The number of amides is 2. The average molecular weight is 811 g/mol. The van der Waals surface area contributed by atoms with Gasteiger partial charge in [-0.15, -0.1) is 0 Å². The molecule has 4 atom stereocenters. The van der Waals surface area contributed by atoms with Gasteiger partial charge in [0, 0.05) is 62.8 Å². The number of benzene rings is 4. The van der Waals surface area contributed by atoms with Crippen LogP contribution >= 0.6 is 0 Å². The van der Waals surface area contributed by atoms with Gasteiger partial charge in [0.25, 0.3) is 0 Å². The van der Waals surface area contributed by atoms with E-state index in [0.29, 0.717) is 5.91 Å². The number of piperidine rings is 1. The maximum Gasteiger partial charge on any atom is 0.245 e. The van der Waals surface area contributed by atoms with Crippen molar-refractivity contribution in [2.24, 2.45) is 15.9 Å². The Morgan fingerprint density at radius 2 is 1.10 bits per heavy atom. The topological polar surface area (TPSA) is 71.8 Å². The lowest BCUT2D eigenvalue weighted by molar-refractivity contribution is -0.137. The minimum absolute atomic E-state index is 0.0554. The summed E-state index contributed by atoms with van der Waals surface area (Å²) in [5, 5.41) is 0. The highest BCUT2D eigenvalue weighted by Gasteiger charge is 2.41. The van der Waals surface area contributed by atoms with Gasteiger partial charge in [0.2, 0.25) is 11.8 Å². The molecule has 2 amide bonds. The predicted octanol–water partition coefficient (Wildman–Crippen LogP) is 9.46. The summed E-state index contributed by atoms with van der Waals surface area (Å²) in [5.41, 5.74) is 11.8. The largest absolute Gasteiger partial charge is 0.334 e. The number of aliphatic imine (C=N–C) groups is 2. The Kier molecular flexibility index (Phi) is 11.6. The van der Waals surface area contributed by atoms with E-state index in [4.69, 9.17) is 9.98 Å². The van der Waals surface area contributed by atoms with Crippen molar-refractivity contribution in [3.8, 4) is 11.1 Å². The molecule has 312 valence electrons. The van der Waals surface area contributed by atoms with E-state index in [0.717, 1.165) is 121 Å². The van der Waals surface area contributed by atoms with Crippen molar-refractivity contribution in [3.05, 3.63) is 144 Å². The number of carbonyl (C=O) groups is 2. The van der Waals surface area contributed by atoms with Crippen LogP contribution in [-0.4, -0.2) is 94.2 Å².